The van der Waals surface area contributed by atoms with Gasteiger partial charge in [0, 0.05) is 0 Å². The number of nitrogens with two attached hydrogens (primary N) is 1. The van der Waals surface area contributed by atoms with Crippen LogP contribution < -0.4 is 5.73 Å². The number of carbonyl (C=O) groups is 1. The van der Waals surface area contributed by atoms with Crippen molar-refractivity contribution in [3.8, 4) is 0 Å². The zero-order valence-electron chi connectivity index (χ0n) is 29.2. The average molecular weight is 594 g/mol. The Hall–Kier alpha value is -0.730. The zero-order valence-corrected chi connectivity index (χ0v) is 29.2. The van der Waals surface area contributed by atoms with Crippen LogP contribution in [0.2, 0.25) is 0 Å². The van der Waals surface area contributed by atoms with Crippen LogP contribution in [0.1, 0.15) is 239 Å². The number of amides is 1. The summed E-state index contributed by atoms with van der Waals surface area (Å²) < 4.78 is 5.44. The number of hydrogen-bond acceptors (Lipinski definition) is 2. The van der Waals surface area contributed by atoms with Gasteiger partial charge in [0.25, 0.3) is 0 Å². The van der Waals surface area contributed by atoms with Crippen molar-refractivity contribution in [2.45, 2.75) is 245 Å². The third-order valence-corrected chi connectivity index (χ3v) is 9.29. The third kappa shape index (κ3) is 35.5. The highest BCUT2D eigenvalue weighted by Gasteiger charge is 2.12. The van der Waals surface area contributed by atoms with Gasteiger partial charge in [0.2, 0.25) is 0 Å². The fourth-order valence-electron chi connectivity index (χ4n) is 6.44. The molecule has 2 N–H and O–H groups in total. The van der Waals surface area contributed by atoms with Crippen molar-refractivity contribution in [3.05, 3.63) is 0 Å². The van der Waals surface area contributed by atoms with E-state index in [-0.39, 0.29) is 6.10 Å². The van der Waals surface area contributed by atoms with E-state index in [1.54, 1.807) is 0 Å². The van der Waals surface area contributed by atoms with Crippen molar-refractivity contribution in [2.24, 2.45) is 5.73 Å². The van der Waals surface area contributed by atoms with Crippen molar-refractivity contribution in [3.63, 3.8) is 0 Å². The van der Waals surface area contributed by atoms with Gasteiger partial charge in [0.15, 0.2) is 0 Å². The molecule has 1 unspecified atom stereocenters. The highest BCUT2D eigenvalue weighted by molar-refractivity contribution is 5.64. The fourth-order valence-corrected chi connectivity index (χ4v) is 6.44. The Kier molecular flexibility index (Phi) is 35.8. The van der Waals surface area contributed by atoms with Crippen molar-refractivity contribution < 1.29 is 9.53 Å². The topological polar surface area (TPSA) is 52.3 Å². The van der Waals surface area contributed by atoms with Crippen LogP contribution in [-0.2, 0) is 4.74 Å². The van der Waals surface area contributed by atoms with E-state index in [2.05, 4.69) is 13.8 Å². The number of carbonyl (C=O) groups excluding carboxylic acids is 1. The van der Waals surface area contributed by atoms with Crippen LogP contribution in [0.5, 0.6) is 0 Å². The van der Waals surface area contributed by atoms with Gasteiger partial charge in [0.1, 0.15) is 6.10 Å². The van der Waals surface area contributed by atoms with Gasteiger partial charge in [-0.3, -0.25) is 0 Å². The van der Waals surface area contributed by atoms with Crippen molar-refractivity contribution in [2.75, 3.05) is 0 Å². The lowest BCUT2D eigenvalue weighted by atomic mass is 10.0. The Balaban J connectivity index is 3.46. The first kappa shape index (κ1) is 41.3. The van der Waals surface area contributed by atoms with Gasteiger partial charge in [-0.15, -0.1) is 0 Å². The summed E-state index contributed by atoms with van der Waals surface area (Å²) in [4.78, 5) is 11.4. The summed E-state index contributed by atoms with van der Waals surface area (Å²) in [5.41, 5.74) is 5.36. The minimum absolute atomic E-state index is 0.0329. The standard InChI is InChI=1S/C39H79NO2/c1-3-5-7-9-11-13-15-17-19-21-23-25-27-29-31-33-35-37-38(42-39(40)41)36-34-32-30-28-26-24-22-20-18-16-14-12-10-8-6-4-2/h38H,3-37H2,1-2H3,(H2,40,41). The third-order valence-electron chi connectivity index (χ3n) is 9.29. The molecule has 0 saturated carbocycles. The Bertz CT molecular complexity index is 509. The minimum Gasteiger partial charge on any atom is -0.446 e. The molecule has 0 spiro atoms. The second-order valence-corrected chi connectivity index (χ2v) is 13.6. The maximum atomic E-state index is 11.4. The van der Waals surface area contributed by atoms with Crippen molar-refractivity contribution >= 4 is 6.09 Å². The van der Waals surface area contributed by atoms with E-state index in [0.717, 1.165) is 25.7 Å². The Morgan fingerprint density at radius 1 is 0.381 bits per heavy atom. The van der Waals surface area contributed by atoms with Crippen LogP contribution in [0, 0.1) is 0 Å². The van der Waals surface area contributed by atoms with E-state index in [4.69, 9.17) is 10.5 Å². The quantitative estimate of drug-likeness (QED) is 0.0734. The first-order valence-corrected chi connectivity index (χ1v) is 19.7. The van der Waals surface area contributed by atoms with E-state index in [1.165, 1.54) is 199 Å². The van der Waals surface area contributed by atoms with E-state index in [0.29, 0.717) is 0 Å². The Labute approximate surface area is 265 Å². The van der Waals surface area contributed by atoms with Crippen LogP contribution in [0.15, 0.2) is 0 Å². The molecule has 0 aromatic rings. The van der Waals surface area contributed by atoms with Crippen LogP contribution in [0.3, 0.4) is 0 Å². The predicted molar refractivity (Wildman–Crippen MR) is 187 cm³/mol. The number of unbranched alkanes of at least 4 members (excludes halogenated alkanes) is 31. The molecular weight excluding hydrogens is 514 g/mol. The summed E-state index contributed by atoms with van der Waals surface area (Å²) in [7, 11) is 0. The maximum Gasteiger partial charge on any atom is 0.404 e. The maximum absolute atomic E-state index is 11.4. The predicted octanol–water partition coefficient (Wildman–Crippen LogP) is 14.1. The smallest absolute Gasteiger partial charge is 0.404 e. The highest BCUT2D eigenvalue weighted by Crippen LogP contribution is 2.19. The first-order valence-electron chi connectivity index (χ1n) is 19.7. The molecule has 0 saturated heterocycles. The second-order valence-electron chi connectivity index (χ2n) is 13.6. The largest absolute Gasteiger partial charge is 0.446 e. The second kappa shape index (κ2) is 36.5. The molecule has 1 atom stereocenters. The summed E-state index contributed by atoms with van der Waals surface area (Å²) >= 11 is 0. The fraction of sp³-hybridized carbons (Fsp3) is 0.974. The molecule has 42 heavy (non-hydrogen) atoms. The Morgan fingerprint density at radius 3 is 0.762 bits per heavy atom. The van der Waals surface area contributed by atoms with Crippen LogP contribution >= 0.6 is 0 Å². The molecule has 0 bridgehead atoms. The first-order chi connectivity index (χ1) is 20.7. The van der Waals surface area contributed by atoms with Crippen LogP contribution in [-0.4, -0.2) is 12.2 Å². The van der Waals surface area contributed by atoms with E-state index < -0.39 is 6.09 Å². The summed E-state index contributed by atoms with van der Waals surface area (Å²) in [5.74, 6) is 0. The van der Waals surface area contributed by atoms with E-state index in [9.17, 15) is 4.79 Å². The van der Waals surface area contributed by atoms with Crippen molar-refractivity contribution in [1.29, 1.82) is 0 Å². The molecule has 0 aliphatic carbocycles. The monoisotopic (exact) mass is 594 g/mol. The molecule has 3 heteroatoms. The minimum atomic E-state index is -0.594. The number of primary amides is 1. The molecule has 0 rings (SSSR count). The lowest BCUT2D eigenvalue weighted by Gasteiger charge is -2.16. The van der Waals surface area contributed by atoms with Gasteiger partial charge in [0.05, 0.1) is 0 Å². The van der Waals surface area contributed by atoms with Gasteiger partial charge in [-0.1, -0.05) is 213 Å². The molecule has 1 amide bonds. The normalized spacial score (nSPS) is 12.1. The molecule has 0 aromatic heterocycles. The van der Waals surface area contributed by atoms with Gasteiger partial charge in [-0.2, -0.15) is 0 Å². The SMILES string of the molecule is CCCCCCCCCCCCCCCCCCCC(CCCCCCCCCCCCCCCCCC)OC(N)=O. The summed E-state index contributed by atoms with van der Waals surface area (Å²) in [6.45, 7) is 4.59. The Morgan fingerprint density at radius 2 is 0.571 bits per heavy atom. The van der Waals surface area contributed by atoms with Gasteiger partial charge >= 0.3 is 6.09 Å². The van der Waals surface area contributed by atoms with E-state index >= 15 is 0 Å². The molecule has 3 nitrogen and oxygen atoms in total. The zero-order chi connectivity index (χ0) is 30.6. The summed E-state index contributed by atoms with van der Waals surface area (Å²) in [6.07, 6.45) is 47.2. The molecule has 0 aliphatic rings. The lowest BCUT2D eigenvalue weighted by Crippen LogP contribution is -2.22. The number of rotatable bonds is 36. The van der Waals surface area contributed by atoms with Crippen LogP contribution in [0.4, 0.5) is 4.79 Å². The molecule has 0 aromatic carbocycles. The van der Waals surface area contributed by atoms with Crippen LogP contribution in [0.25, 0.3) is 0 Å². The number of ether oxygens (including phenoxy) is 1. The molecule has 0 radical (unpaired) electrons. The molecule has 0 aliphatic heterocycles. The van der Waals surface area contributed by atoms with Gasteiger partial charge < -0.3 is 10.5 Å². The summed E-state index contributed by atoms with van der Waals surface area (Å²) in [5, 5.41) is 0. The van der Waals surface area contributed by atoms with E-state index in [1.807, 2.05) is 0 Å². The van der Waals surface area contributed by atoms with Crippen molar-refractivity contribution in [1.82, 2.24) is 0 Å². The average Bonchev–Trinajstić information content (AvgIpc) is 2.98. The lowest BCUT2D eigenvalue weighted by molar-refractivity contribution is 0.0921. The number of hydrogen-bond donors (Lipinski definition) is 1. The molecule has 0 fully saturated rings. The summed E-state index contributed by atoms with van der Waals surface area (Å²) in [6, 6.07) is 0. The molecule has 252 valence electrons. The molecular formula is C39H79NO2. The highest BCUT2D eigenvalue weighted by atomic mass is 16.6. The molecule has 0 heterocycles. The van der Waals surface area contributed by atoms with Gasteiger partial charge in [-0.25, -0.2) is 4.79 Å². The van der Waals surface area contributed by atoms with Gasteiger partial charge in [-0.05, 0) is 25.7 Å².